The minimum Gasteiger partial charge on any atom is -0.465 e. The number of carbonyl (C=O) groups excluding carboxylic acids is 2. The zero-order chi connectivity index (χ0) is 43.0. The molecule has 318 valence electrons. The van der Waals surface area contributed by atoms with Crippen LogP contribution in [0, 0.1) is 0 Å². The lowest BCUT2D eigenvalue weighted by Crippen LogP contribution is -2.41. The normalized spacial score (nSPS) is 17.1. The number of amides is 4. The van der Waals surface area contributed by atoms with Crippen LogP contribution in [0.3, 0.4) is 0 Å². The van der Waals surface area contributed by atoms with E-state index < -0.39 is 24.3 Å². The van der Waals surface area contributed by atoms with Crippen molar-refractivity contribution in [2.75, 3.05) is 13.1 Å². The molecule has 6 N–H and O–H groups in total. The second-order valence-electron chi connectivity index (χ2n) is 16.1. The van der Waals surface area contributed by atoms with E-state index in [0.717, 1.165) is 70.5 Å². The molecule has 14 nitrogen and oxygen atoms in total. The highest BCUT2D eigenvalue weighted by molar-refractivity contribution is 5.79. The Morgan fingerprint density at radius 1 is 0.565 bits per heavy atom. The Balaban J connectivity index is 0.881. The Morgan fingerprint density at radius 3 is 1.31 bits per heavy atom. The van der Waals surface area contributed by atoms with E-state index >= 15 is 0 Å². The van der Waals surface area contributed by atoms with Crippen molar-refractivity contribution in [3.8, 4) is 33.6 Å². The quantitative estimate of drug-likeness (QED) is 0.0598. The van der Waals surface area contributed by atoms with Gasteiger partial charge in [0.2, 0.25) is 11.8 Å². The summed E-state index contributed by atoms with van der Waals surface area (Å²) in [4.78, 5) is 70.2. The van der Waals surface area contributed by atoms with Crippen LogP contribution < -0.4 is 10.6 Å². The lowest BCUT2D eigenvalue weighted by Gasteiger charge is -2.26. The van der Waals surface area contributed by atoms with E-state index in [0.29, 0.717) is 37.6 Å². The fraction of sp³-hybridized carbons (Fsp3) is 0.292. The fourth-order valence-electron chi connectivity index (χ4n) is 8.84. The lowest BCUT2D eigenvalue weighted by molar-refractivity contribution is -0.133. The number of rotatable bonds is 15. The van der Waals surface area contributed by atoms with Crippen molar-refractivity contribution in [2.24, 2.45) is 0 Å². The van der Waals surface area contributed by atoms with E-state index in [1.165, 1.54) is 0 Å². The number of imidazole rings is 2. The van der Waals surface area contributed by atoms with Gasteiger partial charge in [0, 0.05) is 38.0 Å². The van der Waals surface area contributed by atoms with Crippen LogP contribution in [0.25, 0.3) is 33.6 Å². The molecule has 0 unspecified atom stereocenters. The molecule has 0 spiro atoms. The van der Waals surface area contributed by atoms with Gasteiger partial charge < -0.3 is 40.6 Å². The first-order valence-corrected chi connectivity index (χ1v) is 21.1. The molecule has 2 aromatic heterocycles. The zero-order valence-corrected chi connectivity index (χ0v) is 34.2. The molecule has 14 heteroatoms. The van der Waals surface area contributed by atoms with E-state index in [9.17, 15) is 29.4 Å². The largest absolute Gasteiger partial charge is 0.465 e. The predicted octanol–water partition coefficient (Wildman–Crippen LogP) is 8.00. The van der Waals surface area contributed by atoms with Gasteiger partial charge in [-0.3, -0.25) is 9.59 Å². The zero-order valence-electron chi connectivity index (χ0n) is 34.2. The first-order valence-electron chi connectivity index (χ1n) is 21.1. The predicted molar refractivity (Wildman–Crippen MR) is 234 cm³/mol. The van der Waals surface area contributed by atoms with Crippen molar-refractivity contribution in [1.29, 1.82) is 0 Å². The molecule has 0 aliphatic carbocycles. The molecule has 0 bridgehead atoms. The monoisotopic (exact) mass is 834 g/mol. The van der Waals surface area contributed by atoms with Crippen molar-refractivity contribution in [2.45, 2.75) is 75.5 Å². The van der Waals surface area contributed by atoms with E-state index in [4.69, 9.17) is 0 Å². The third kappa shape index (κ3) is 10.0. The molecule has 2 aliphatic rings. The minimum absolute atomic E-state index is 0.0611. The SMILES string of the molecule is O=C(O)N[C@@H](CC(=O)N1CCC[C@H]1c1ncc(-c2ccc(-c3ccc(-c4cnc([C@@H]5CCCN5C(=O)C[C@@H](Cc5ccccc5)NC(=O)O)[nH]4)cc3)cc2)[nH]1)Cc1ccccc1. The Labute approximate surface area is 359 Å². The number of nitrogens with zero attached hydrogens (tertiary/aromatic N) is 4. The Bertz CT molecular complexity index is 2300. The van der Waals surface area contributed by atoms with Gasteiger partial charge >= 0.3 is 12.2 Å². The Morgan fingerprint density at radius 2 is 0.935 bits per heavy atom. The number of nitrogens with one attached hydrogen (secondary N) is 4. The summed E-state index contributed by atoms with van der Waals surface area (Å²) in [6.07, 6.45) is 5.47. The van der Waals surface area contributed by atoms with E-state index in [-0.39, 0.29) is 36.7 Å². The third-order valence-electron chi connectivity index (χ3n) is 11.8. The Kier molecular flexibility index (Phi) is 12.7. The minimum atomic E-state index is -1.15. The van der Waals surface area contributed by atoms with Crippen LogP contribution in [0.2, 0.25) is 0 Å². The second-order valence-corrected chi connectivity index (χ2v) is 16.1. The molecular formula is C48H50N8O6. The molecule has 0 saturated carbocycles. The molecule has 62 heavy (non-hydrogen) atoms. The number of hydrogen-bond acceptors (Lipinski definition) is 6. The van der Waals surface area contributed by atoms with E-state index in [1.807, 2.05) is 94.7 Å². The van der Waals surface area contributed by atoms with Crippen LogP contribution in [-0.4, -0.2) is 89.1 Å². The molecule has 2 aliphatic heterocycles. The highest BCUT2D eigenvalue weighted by Crippen LogP contribution is 2.35. The molecule has 2 saturated heterocycles. The molecule has 6 aromatic rings. The number of carboxylic acid groups (broad SMARTS) is 2. The Hall–Kier alpha value is -7.22. The average Bonchev–Trinajstić information content (AvgIpc) is 4.11. The number of carbonyl (C=O) groups is 4. The van der Waals surface area contributed by atoms with E-state index in [2.05, 4.69) is 54.8 Å². The van der Waals surface area contributed by atoms with E-state index in [1.54, 1.807) is 12.4 Å². The van der Waals surface area contributed by atoms with Crippen molar-refractivity contribution >= 4 is 24.0 Å². The van der Waals surface area contributed by atoms with Crippen molar-refractivity contribution in [3.05, 3.63) is 144 Å². The topological polar surface area (TPSA) is 197 Å². The molecule has 0 radical (unpaired) electrons. The summed E-state index contributed by atoms with van der Waals surface area (Å²) < 4.78 is 0. The number of likely N-dealkylation sites (tertiary alicyclic amines) is 2. The van der Waals surface area contributed by atoms with Gasteiger partial charge in [0.1, 0.15) is 11.6 Å². The summed E-state index contributed by atoms with van der Waals surface area (Å²) >= 11 is 0. The molecule has 8 rings (SSSR count). The fourth-order valence-corrected chi connectivity index (χ4v) is 8.84. The first-order chi connectivity index (χ1) is 30.2. The highest BCUT2D eigenvalue weighted by Gasteiger charge is 2.35. The van der Waals surface area contributed by atoms with Crippen LogP contribution in [0.5, 0.6) is 0 Å². The number of hydrogen-bond donors (Lipinski definition) is 6. The molecule has 4 heterocycles. The molecule has 4 aromatic carbocycles. The van der Waals surface area contributed by atoms with Gasteiger partial charge in [0.25, 0.3) is 0 Å². The summed E-state index contributed by atoms with van der Waals surface area (Å²) in [5.74, 6) is 1.22. The molecule has 4 amide bonds. The summed E-state index contributed by atoms with van der Waals surface area (Å²) in [5, 5.41) is 24.0. The number of H-pyrrole nitrogens is 2. The van der Waals surface area contributed by atoms with Crippen molar-refractivity contribution < 1.29 is 29.4 Å². The van der Waals surface area contributed by atoms with Gasteiger partial charge in [-0.15, -0.1) is 0 Å². The number of aromatic nitrogens is 4. The third-order valence-corrected chi connectivity index (χ3v) is 11.8. The summed E-state index contributed by atoms with van der Waals surface area (Å²) in [7, 11) is 0. The van der Waals surface area contributed by atoms with Gasteiger partial charge in [-0.05, 0) is 71.9 Å². The van der Waals surface area contributed by atoms with Gasteiger partial charge in [0.15, 0.2) is 0 Å². The molecule has 2 fully saturated rings. The maximum Gasteiger partial charge on any atom is 0.404 e. The second kappa shape index (κ2) is 19.0. The van der Waals surface area contributed by atoms with Gasteiger partial charge in [-0.25, -0.2) is 19.6 Å². The van der Waals surface area contributed by atoms with Crippen LogP contribution >= 0.6 is 0 Å². The van der Waals surface area contributed by atoms with Crippen LogP contribution in [0.15, 0.2) is 122 Å². The number of benzene rings is 4. The van der Waals surface area contributed by atoms with Crippen LogP contribution in [0.4, 0.5) is 9.59 Å². The summed E-state index contributed by atoms with van der Waals surface area (Å²) in [5.41, 5.74) is 7.62. The average molecular weight is 835 g/mol. The lowest BCUT2D eigenvalue weighted by atomic mass is 10.0. The van der Waals surface area contributed by atoms with Gasteiger partial charge in [-0.1, -0.05) is 109 Å². The summed E-state index contributed by atoms with van der Waals surface area (Å²) in [6, 6.07) is 34.0. The smallest absolute Gasteiger partial charge is 0.404 e. The molecular weight excluding hydrogens is 785 g/mol. The van der Waals surface area contributed by atoms with Gasteiger partial charge in [-0.2, -0.15) is 0 Å². The number of aromatic amines is 2. The maximum absolute atomic E-state index is 13.6. The van der Waals surface area contributed by atoms with Crippen LogP contribution in [-0.2, 0) is 22.4 Å². The first kappa shape index (κ1) is 41.5. The van der Waals surface area contributed by atoms with Crippen molar-refractivity contribution in [3.63, 3.8) is 0 Å². The molecule has 4 atom stereocenters. The van der Waals surface area contributed by atoms with Crippen molar-refractivity contribution in [1.82, 2.24) is 40.4 Å². The maximum atomic E-state index is 13.6. The highest BCUT2D eigenvalue weighted by atomic mass is 16.4. The summed E-state index contributed by atoms with van der Waals surface area (Å²) in [6.45, 7) is 1.18. The van der Waals surface area contributed by atoms with Gasteiger partial charge in [0.05, 0.1) is 35.9 Å². The van der Waals surface area contributed by atoms with Crippen LogP contribution in [0.1, 0.15) is 73.4 Å². The standard InChI is InChI=1S/C48H50N8O6/c57-43(27-37(51-47(59)60)25-31-9-3-1-4-10-31)55-23-7-13-41(55)45-49-29-39(53-45)35-19-15-33(16-20-35)34-17-21-36(22-18-34)40-30-50-46(54-40)42-14-8-24-56(42)44(58)28-38(52-48(61)62)26-32-11-5-2-6-12-32/h1-6,9-12,15-22,29-30,37-38,41-42,51-52H,7-8,13-14,23-28H2,(H,49,53)(H,50,54)(H,59,60)(H,61,62)/t37-,38-,41+,42+/m1/s1.